The lowest BCUT2D eigenvalue weighted by Crippen LogP contribution is -2.40. The molecule has 1 saturated heterocycles. The summed E-state index contributed by atoms with van der Waals surface area (Å²) >= 11 is 0. The maximum absolute atomic E-state index is 12.2. The van der Waals surface area contributed by atoms with Gasteiger partial charge < -0.3 is 9.64 Å². The van der Waals surface area contributed by atoms with E-state index in [4.69, 9.17) is 10.3 Å². The number of nitrogens with zero attached hydrogens (tertiary/aromatic N) is 4. The van der Waals surface area contributed by atoms with Gasteiger partial charge in [-0.15, -0.1) is 0 Å². The minimum atomic E-state index is 0.0320. The number of amides is 1. The Morgan fingerprint density at radius 3 is 2.62 bits per heavy atom. The molecular formula is C15H20N4O2. The summed E-state index contributed by atoms with van der Waals surface area (Å²) in [5.74, 6) is 0.947. The van der Waals surface area contributed by atoms with Crippen molar-refractivity contribution in [1.82, 2.24) is 4.90 Å². The highest BCUT2D eigenvalue weighted by Crippen LogP contribution is 2.17. The van der Waals surface area contributed by atoms with Crippen LogP contribution in [0.1, 0.15) is 25.3 Å². The predicted molar refractivity (Wildman–Crippen MR) is 80.1 cm³/mol. The van der Waals surface area contributed by atoms with E-state index >= 15 is 0 Å². The van der Waals surface area contributed by atoms with Crippen molar-refractivity contribution in [2.24, 2.45) is 5.11 Å². The number of hydrogen-bond acceptors (Lipinski definition) is 3. The van der Waals surface area contributed by atoms with Gasteiger partial charge in [-0.1, -0.05) is 17.2 Å². The molecule has 2 rings (SSSR count). The number of ether oxygens (including phenoxy) is 1. The average molecular weight is 288 g/mol. The van der Waals surface area contributed by atoms with E-state index in [1.807, 2.05) is 36.1 Å². The van der Waals surface area contributed by atoms with Crippen LogP contribution in [0.4, 0.5) is 0 Å². The second-order valence-electron chi connectivity index (χ2n) is 5.07. The molecule has 0 atom stereocenters. The van der Waals surface area contributed by atoms with Crippen molar-refractivity contribution in [1.29, 1.82) is 0 Å². The topological polar surface area (TPSA) is 78.3 Å². The van der Waals surface area contributed by atoms with Crippen molar-refractivity contribution >= 4 is 5.91 Å². The molecule has 112 valence electrons. The van der Waals surface area contributed by atoms with Crippen LogP contribution in [0.5, 0.6) is 5.75 Å². The van der Waals surface area contributed by atoms with Gasteiger partial charge in [0.1, 0.15) is 5.75 Å². The zero-order valence-corrected chi connectivity index (χ0v) is 12.2. The normalized spacial score (nSPS) is 15.4. The number of hydrogen-bond donors (Lipinski definition) is 0. The molecule has 6 nitrogen and oxygen atoms in total. The van der Waals surface area contributed by atoms with E-state index in [1.165, 1.54) is 0 Å². The minimum Gasteiger partial charge on any atom is -0.494 e. The molecule has 1 fully saturated rings. The van der Waals surface area contributed by atoms with Crippen LogP contribution in [-0.2, 0) is 11.2 Å². The summed E-state index contributed by atoms with van der Waals surface area (Å²) in [6, 6.07) is 7.66. The zero-order valence-electron chi connectivity index (χ0n) is 12.2. The maximum Gasteiger partial charge on any atom is 0.226 e. The van der Waals surface area contributed by atoms with Crippen LogP contribution in [0.15, 0.2) is 29.4 Å². The summed E-state index contributed by atoms with van der Waals surface area (Å²) in [5.41, 5.74) is 9.40. The smallest absolute Gasteiger partial charge is 0.226 e. The molecule has 0 aromatic heterocycles. The largest absolute Gasteiger partial charge is 0.494 e. The van der Waals surface area contributed by atoms with Gasteiger partial charge in [-0.05, 0) is 43.0 Å². The number of benzene rings is 1. The number of likely N-dealkylation sites (tertiary alicyclic amines) is 1. The Labute approximate surface area is 124 Å². The van der Waals surface area contributed by atoms with Gasteiger partial charge in [0.15, 0.2) is 0 Å². The third kappa shape index (κ3) is 4.39. The van der Waals surface area contributed by atoms with Gasteiger partial charge in [0.2, 0.25) is 5.91 Å². The van der Waals surface area contributed by atoms with Gasteiger partial charge in [0.25, 0.3) is 0 Å². The Bertz CT molecular complexity index is 515. The van der Waals surface area contributed by atoms with Crippen molar-refractivity contribution in [2.45, 2.75) is 32.2 Å². The predicted octanol–water partition coefficient (Wildman–Crippen LogP) is 2.93. The van der Waals surface area contributed by atoms with E-state index < -0.39 is 0 Å². The average Bonchev–Trinajstić information content (AvgIpc) is 2.50. The summed E-state index contributed by atoms with van der Waals surface area (Å²) in [4.78, 5) is 16.9. The van der Waals surface area contributed by atoms with Gasteiger partial charge in [0, 0.05) is 24.0 Å². The fraction of sp³-hybridized carbons (Fsp3) is 0.533. The van der Waals surface area contributed by atoms with E-state index in [2.05, 4.69) is 10.0 Å². The highest BCUT2D eigenvalue weighted by molar-refractivity contribution is 5.78. The number of azide groups is 1. The van der Waals surface area contributed by atoms with Crippen LogP contribution < -0.4 is 4.74 Å². The molecule has 0 radical (unpaired) electrons. The Morgan fingerprint density at radius 2 is 2.05 bits per heavy atom. The first-order valence-corrected chi connectivity index (χ1v) is 7.26. The molecule has 1 aromatic rings. The molecule has 0 N–H and O–H groups in total. The Hall–Kier alpha value is -2.20. The molecule has 1 aliphatic rings. The first-order valence-electron chi connectivity index (χ1n) is 7.26. The van der Waals surface area contributed by atoms with Crippen LogP contribution in [0.3, 0.4) is 0 Å². The third-order valence-electron chi connectivity index (χ3n) is 3.62. The van der Waals surface area contributed by atoms with Gasteiger partial charge >= 0.3 is 0 Å². The molecular weight excluding hydrogens is 268 g/mol. The minimum absolute atomic E-state index is 0.0320. The van der Waals surface area contributed by atoms with Crippen molar-refractivity contribution in [2.75, 3.05) is 19.7 Å². The second-order valence-corrected chi connectivity index (χ2v) is 5.07. The standard InChI is InChI=1S/C15H20N4O2/c1-2-21-14-5-3-12(4-6-14)11-15(20)19-9-7-13(8-10-19)17-18-16/h3-6,13H,2,7-11H2,1H3. The molecule has 0 bridgehead atoms. The first kappa shape index (κ1) is 15.2. The molecule has 0 spiro atoms. The van der Waals surface area contributed by atoms with Crippen LogP contribution >= 0.6 is 0 Å². The van der Waals surface area contributed by atoms with Gasteiger partial charge in [-0.3, -0.25) is 4.79 Å². The molecule has 1 aromatic carbocycles. The van der Waals surface area contributed by atoms with Gasteiger partial charge in [-0.2, -0.15) is 0 Å². The van der Waals surface area contributed by atoms with Crippen molar-refractivity contribution < 1.29 is 9.53 Å². The van der Waals surface area contributed by atoms with Gasteiger partial charge in [-0.25, -0.2) is 0 Å². The summed E-state index contributed by atoms with van der Waals surface area (Å²) in [5, 5.41) is 3.72. The molecule has 0 unspecified atom stereocenters. The molecule has 0 aliphatic carbocycles. The Kier molecular flexibility index (Phi) is 5.46. The molecule has 6 heteroatoms. The van der Waals surface area contributed by atoms with E-state index in [0.717, 1.165) is 24.2 Å². The first-order chi connectivity index (χ1) is 10.2. The zero-order chi connectivity index (χ0) is 15.1. The Morgan fingerprint density at radius 1 is 1.38 bits per heavy atom. The van der Waals surface area contributed by atoms with E-state index in [1.54, 1.807) is 0 Å². The fourth-order valence-corrected chi connectivity index (χ4v) is 2.46. The number of carbonyl (C=O) groups is 1. The summed E-state index contributed by atoms with van der Waals surface area (Å²) in [6.07, 6.45) is 1.90. The second kappa shape index (κ2) is 7.55. The summed E-state index contributed by atoms with van der Waals surface area (Å²) < 4.78 is 5.38. The highest BCUT2D eigenvalue weighted by atomic mass is 16.5. The van der Waals surface area contributed by atoms with Crippen LogP contribution in [-0.4, -0.2) is 36.5 Å². The van der Waals surface area contributed by atoms with E-state index in [0.29, 0.717) is 26.1 Å². The van der Waals surface area contributed by atoms with E-state index in [-0.39, 0.29) is 11.9 Å². The van der Waals surface area contributed by atoms with Crippen molar-refractivity contribution in [3.05, 3.63) is 40.3 Å². The number of rotatable bonds is 5. The highest BCUT2D eigenvalue weighted by Gasteiger charge is 2.21. The van der Waals surface area contributed by atoms with Crippen LogP contribution in [0.25, 0.3) is 10.4 Å². The maximum atomic E-state index is 12.2. The van der Waals surface area contributed by atoms with Crippen molar-refractivity contribution in [3.8, 4) is 5.75 Å². The summed E-state index contributed by atoms with van der Waals surface area (Å²) in [6.45, 7) is 3.91. The Balaban J connectivity index is 1.85. The lowest BCUT2D eigenvalue weighted by atomic mass is 10.0. The number of piperidine rings is 1. The number of carbonyl (C=O) groups excluding carboxylic acids is 1. The quantitative estimate of drug-likeness (QED) is 0.474. The lowest BCUT2D eigenvalue weighted by molar-refractivity contribution is -0.131. The van der Waals surface area contributed by atoms with Crippen LogP contribution in [0.2, 0.25) is 0 Å². The molecule has 0 saturated carbocycles. The lowest BCUT2D eigenvalue weighted by Gasteiger charge is -2.30. The summed E-state index contributed by atoms with van der Waals surface area (Å²) in [7, 11) is 0. The molecule has 1 amide bonds. The molecule has 1 heterocycles. The van der Waals surface area contributed by atoms with Crippen LogP contribution in [0, 0.1) is 0 Å². The fourth-order valence-electron chi connectivity index (χ4n) is 2.46. The van der Waals surface area contributed by atoms with Crippen molar-refractivity contribution in [3.63, 3.8) is 0 Å². The third-order valence-corrected chi connectivity index (χ3v) is 3.62. The monoisotopic (exact) mass is 288 g/mol. The van der Waals surface area contributed by atoms with Gasteiger partial charge in [0.05, 0.1) is 13.0 Å². The molecule has 1 aliphatic heterocycles. The molecule has 21 heavy (non-hydrogen) atoms. The van der Waals surface area contributed by atoms with E-state index in [9.17, 15) is 4.79 Å². The SMILES string of the molecule is CCOc1ccc(CC(=O)N2CCC(N=[N+]=[N-])CC2)cc1.